The van der Waals surface area contributed by atoms with Crippen LogP contribution in [0.1, 0.15) is 6.42 Å². The predicted molar refractivity (Wildman–Crippen MR) is 62.3 cm³/mol. The smallest absolute Gasteiger partial charge is 0.322 e. The van der Waals surface area contributed by atoms with Crippen molar-refractivity contribution in [3.05, 3.63) is 29.8 Å². The van der Waals surface area contributed by atoms with Gasteiger partial charge in [0.05, 0.1) is 11.0 Å². The molecule has 2 atom stereocenters. The van der Waals surface area contributed by atoms with Gasteiger partial charge in [-0.25, -0.2) is 17.2 Å². The molecule has 1 heterocycles. The molecule has 110 valence electrons. The van der Waals surface area contributed by atoms with E-state index in [0.717, 1.165) is 0 Å². The fraction of sp³-hybridized carbons (Fsp3) is 0.364. The number of hydrogen-bond donors (Lipinski definition) is 2. The summed E-state index contributed by atoms with van der Waals surface area (Å²) in [6.07, 6.45) is -1.41. The van der Waals surface area contributed by atoms with Gasteiger partial charge in [0.1, 0.15) is 17.7 Å². The highest BCUT2D eigenvalue weighted by atomic mass is 32.2. The number of aliphatic hydroxyl groups excluding tert-OH is 1. The maximum absolute atomic E-state index is 13.1. The molecule has 2 N–H and O–H groups in total. The van der Waals surface area contributed by atoms with Gasteiger partial charge in [-0.1, -0.05) is 0 Å². The van der Waals surface area contributed by atoms with Crippen LogP contribution in [0, 0.1) is 11.6 Å². The average molecular weight is 307 g/mol. The Bertz CT molecular complexity index is 628. The molecule has 2 unspecified atom stereocenters. The van der Waals surface area contributed by atoms with Gasteiger partial charge < -0.3 is 10.2 Å². The van der Waals surface area contributed by atoms with Gasteiger partial charge in [-0.3, -0.25) is 4.79 Å². The van der Waals surface area contributed by atoms with E-state index in [4.69, 9.17) is 5.11 Å². The van der Waals surface area contributed by atoms with Crippen LogP contribution in [0.15, 0.2) is 23.1 Å². The number of rotatable bonds is 3. The van der Waals surface area contributed by atoms with E-state index in [9.17, 15) is 27.1 Å². The third-order valence-corrected chi connectivity index (χ3v) is 4.81. The molecule has 1 saturated heterocycles. The van der Waals surface area contributed by atoms with Crippen molar-refractivity contribution in [2.75, 3.05) is 6.54 Å². The fourth-order valence-corrected chi connectivity index (χ4v) is 3.76. The van der Waals surface area contributed by atoms with E-state index in [1.807, 2.05) is 0 Å². The van der Waals surface area contributed by atoms with Gasteiger partial charge in [-0.2, -0.15) is 4.31 Å². The number of sulfonamides is 1. The minimum atomic E-state index is -4.40. The third kappa shape index (κ3) is 2.65. The Labute approximate surface area is 113 Å². The molecule has 1 aromatic carbocycles. The molecule has 2 rings (SSSR count). The molecule has 20 heavy (non-hydrogen) atoms. The summed E-state index contributed by atoms with van der Waals surface area (Å²) < 4.78 is 51.1. The molecule has 0 aliphatic carbocycles. The Morgan fingerprint density at radius 3 is 2.30 bits per heavy atom. The molecule has 0 amide bonds. The van der Waals surface area contributed by atoms with Crippen molar-refractivity contribution in [2.24, 2.45) is 0 Å². The van der Waals surface area contributed by atoms with Crippen LogP contribution in [0.3, 0.4) is 0 Å². The molecule has 0 radical (unpaired) electrons. The van der Waals surface area contributed by atoms with Gasteiger partial charge in [0.15, 0.2) is 0 Å². The summed E-state index contributed by atoms with van der Waals surface area (Å²) in [4.78, 5) is 10.3. The highest BCUT2D eigenvalue weighted by molar-refractivity contribution is 7.89. The maximum atomic E-state index is 13.1. The normalized spacial score (nSPS) is 23.9. The topological polar surface area (TPSA) is 94.9 Å². The van der Waals surface area contributed by atoms with Crippen molar-refractivity contribution >= 4 is 16.0 Å². The largest absolute Gasteiger partial charge is 0.480 e. The second kappa shape index (κ2) is 5.08. The zero-order valence-corrected chi connectivity index (χ0v) is 10.8. The van der Waals surface area contributed by atoms with Crippen LogP contribution in [0.25, 0.3) is 0 Å². The summed E-state index contributed by atoms with van der Waals surface area (Å²) in [5, 5.41) is 18.4. The first-order chi connectivity index (χ1) is 9.21. The predicted octanol–water partition coefficient (Wildman–Crippen LogP) is 0.173. The Kier molecular flexibility index (Phi) is 3.76. The fourth-order valence-electron chi connectivity index (χ4n) is 2.09. The van der Waals surface area contributed by atoms with Gasteiger partial charge in [0.2, 0.25) is 10.0 Å². The number of carboxylic acid groups (broad SMARTS) is 1. The van der Waals surface area contributed by atoms with Gasteiger partial charge in [-0.05, 0) is 12.1 Å². The van der Waals surface area contributed by atoms with Crippen LogP contribution < -0.4 is 0 Å². The van der Waals surface area contributed by atoms with E-state index in [1.54, 1.807) is 0 Å². The zero-order chi connectivity index (χ0) is 15.1. The van der Waals surface area contributed by atoms with E-state index >= 15 is 0 Å². The lowest BCUT2D eigenvalue weighted by molar-refractivity contribution is -0.140. The lowest BCUT2D eigenvalue weighted by atomic mass is 10.2. The standard InChI is InChI=1S/C11H11F2NO5S/c12-6-1-7(13)3-9(2-6)20(18,19)14-5-8(15)4-10(14)11(16)17/h1-3,8,10,15H,4-5H2,(H,16,17). The van der Waals surface area contributed by atoms with Crippen LogP contribution in [-0.4, -0.2) is 47.6 Å². The van der Waals surface area contributed by atoms with Crippen LogP contribution in [-0.2, 0) is 14.8 Å². The summed E-state index contributed by atoms with van der Waals surface area (Å²) in [5.41, 5.74) is 0. The highest BCUT2D eigenvalue weighted by Gasteiger charge is 2.43. The highest BCUT2D eigenvalue weighted by Crippen LogP contribution is 2.27. The van der Waals surface area contributed by atoms with Gasteiger partial charge >= 0.3 is 5.97 Å². The SMILES string of the molecule is O=C(O)C1CC(O)CN1S(=O)(=O)c1cc(F)cc(F)c1. The molecule has 0 saturated carbocycles. The first kappa shape index (κ1) is 14.8. The third-order valence-electron chi connectivity index (χ3n) is 2.96. The van der Waals surface area contributed by atoms with Crippen molar-refractivity contribution in [2.45, 2.75) is 23.5 Å². The van der Waals surface area contributed by atoms with Crippen molar-refractivity contribution < 1.29 is 32.2 Å². The molecule has 0 bridgehead atoms. The monoisotopic (exact) mass is 307 g/mol. The van der Waals surface area contributed by atoms with Gasteiger partial charge in [0.25, 0.3) is 0 Å². The first-order valence-electron chi connectivity index (χ1n) is 5.60. The lowest BCUT2D eigenvalue weighted by Crippen LogP contribution is -2.40. The van der Waals surface area contributed by atoms with Crippen LogP contribution in [0.4, 0.5) is 8.78 Å². The number of β-amino-alcohol motifs (C(OH)–C–C–N with tert-alkyl or cyclic N) is 1. The van der Waals surface area contributed by atoms with E-state index in [1.165, 1.54) is 0 Å². The number of benzene rings is 1. The number of aliphatic carboxylic acids is 1. The minimum absolute atomic E-state index is 0.271. The van der Waals surface area contributed by atoms with Crippen molar-refractivity contribution in [1.82, 2.24) is 4.31 Å². The molecule has 6 nitrogen and oxygen atoms in total. The second-order valence-corrected chi connectivity index (χ2v) is 6.31. The molecule has 1 aliphatic rings. The Morgan fingerprint density at radius 1 is 1.25 bits per heavy atom. The summed E-state index contributed by atoms with van der Waals surface area (Å²) in [5.74, 6) is -3.60. The van der Waals surface area contributed by atoms with E-state index < -0.39 is 51.2 Å². The Morgan fingerprint density at radius 2 is 1.80 bits per heavy atom. The molecule has 9 heteroatoms. The molecular formula is C11H11F2NO5S. The van der Waals surface area contributed by atoms with Crippen molar-refractivity contribution in [3.63, 3.8) is 0 Å². The van der Waals surface area contributed by atoms with E-state index in [0.29, 0.717) is 22.5 Å². The summed E-state index contributed by atoms with van der Waals surface area (Å²) in [6.45, 7) is -0.433. The summed E-state index contributed by atoms with van der Waals surface area (Å²) in [6, 6.07) is 0.248. The summed E-state index contributed by atoms with van der Waals surface area (Å²) >= 11 is 0. The number of hydrogen-bond acceptors (Lipinski definition) is 4. The lowest BCUT2D eigenvalue weighted by Gasteiger charge is -2.20. The van der Waals surface area contributed by atoms with Crippen molar-refractivity contribution in [3.8, 4) is 0 Å². The number of carbonyl (C=O) groups is 1. The molecule has 0 spiro atoms. The number of nitrogens with zero attached hydrogens (tertiary/aromatic N) is 1. The number of carboxylic acids is 1. The average Bonchev–Trinajstić information content (AvgIpc) is 2.71. The maximum Gasteiger partial charge on any atom is 0.322 e. The van der Waals surface area contributed by atoms with Crippen LogP contribution in [0.5, 0.6) is 0 Å². The molecule has 1 aliphatic heterocycles. The van der Waals surface area contributed by atoms with Crippen molar-refractivity contribution in [1.29, 1.82) is 0 Å². The van der Waals surface area contributed by atoms with Crippen LogP contribution in [0.2, 0.25) is 0 Å². The summed E-state index contributed by atoms with van der Waals surface area (Å²) in [7, 11) is -4.40. The van der Waals surface area contributed by atoms with E-state index in [-0.39, 0.29) is 6.42 Å². The van der Waals surface area contributed by atoms with E-state index in [2.05, 4.69) is 0 Å². The number of halogens is 2. The molecule has 1 fully saturated rings. The Hall–Kier alpha value is -1.58. The Balaban J connectivity index is 2.46. The molecule has 1 aromatic rings. The quantitative estimate of drug-likeness (QED) is 0.830. The van der Waals surface area contributed by atoms with Gasteiger partial charge in [0, 0.05) is 19.0 Å². The molecule has 0 aromatic heterocycles. The van der Waals surface area contributed by atoms with Crippen LogP contribution >= 0.6 is 0 Å². The molecular weight excluding hydrogens is 296 g/mol. The minimum Gasteiger partial charge on any atom is -0.480 e. The first-order valence-corrected chi connectivity index (χ1v) is 7.04. The number of aliphatic hydroxyl groups is 1. The van der Waals surface area contributed by atoms with Gasteiger partial charge in [-0.15, -0.1) is 0 Å². The second-order valence-electron chi connectivity index (χ2n) is 4.42. The zero-order valence-electron chi connectivity index (χ0n) is 10.0.